The third-order valence-corrected chi connectivity index (χ3v) is 2.46. The molecule has 0 bridgehead atoms. The topological polar surface area (TPSA) is 97.9 Å². The first-order valence-corrected chi connectivity index (χ1v) is 5.41. The zero-order chi connectivity index (χ0) is 13.1. The number of halogens is 1. The molecule has 0 saturated carbocycles. The fourth-order valence-electron chi connectivity index (χ4n) is 1.39. The minimum atomic E-state index is -0.320. The van der Waals surface area contributed by atoms with Crippen molar-refractivity contribution < 1.29 is 4.79 Å². The fourth-order valence-corrected chi connectivity index (χ4v) is 1.60. The molecule has 0 aliphatic heterocycles. The average Bonchev–Trinajstić information content (AvgIpc) is 2.74. The van der Waals surface area contributed by atoms with Gasteiger partial charge in [0.15, 0.2) is 0 Å². The highest BCUT2D eigenvalue weighted by Crippen LogP contribution is 2.15. The van der Waals surface area contributed by atoms with Gasteiger partial charge in [-0.1, -0.05) is 11.6 Å². The Bertz CT molecular complexity index is 581. The number of anilines is 2. The Morgan fingerprint density at radius 2 is 2.28 bits per heavy atom. The molecule has 0 atom stereocenters. The molecule has 8 heteroatoms. The molecule has 0 radical (unpaired) electrons. The maximum Gasteiger partial charge on any atom is 0.257 e. The number of carbonyl (C=O) groups excluding carboxylic acids is 1. The van der Waals surface area contributed by atoms with Gasteiger partial charge in [0.2, 0.25) is 0 Å². The molecule has 0 spiro atoms. The third kappa shape index (κ3) is 2.58. The van der Waals surface area contributed by atoms with Crippen LogP contribution in [0.1, 0.15) is 10.4 Å². The van der Waals surface area contributed by atoms with Crippen LogP contribution in [0.3, 0.4) is 0 Å². The zero-order valence-electron chi connectivity index (χ0n) is 9.51. The van der Waals surface area contributed by atoms with Crippen molar-refractivity contribution in [3.63, 3.8) is 0 Å². The molecule has 2 heterocycles. The van der Waals surface area contributed by atoms with E-state index in [4.69, 9.17) is 17.4 Å². The molecule has 2 aromatic rings. The smallest absolute Gasteiger partial charge is 0.257 e. The third-order valence-electron chi connectivity index (χ3n) is 2.27. The molecule has 7 nitrogen and oxygen atoms in total. The number of pyridine rings is 1. The van der Waals surface area contributed by atoms with E-state index in [1.807, 2.05) is 0 Å². The number of nitrogen functional groups attached to an aromatic ring is 1. The molecule has 18 heavy (non-hydrogen) atoms. The van der Waals surface area contributed by atoms with E-state index in [0.29, 0.717) is 17.2 Å². The van der Waals surface area contributed by atoms with Crippen molar-refractivity contribution in [2.75, 3.05) is 10.7 Å². The maximum absolute atomic E-state index is 12.0. The van der Waals surface area contributed by atoms with E-state index in [-0.39, 0.29) is 11.1 Å². The van der Waals surface area contributed by atoms with Gasteiger partial charge in [-0.3, -0.25) is 9.48 Å². The van der Waals surface area contributed by atoms with Crippen LogP contribution in [0.5, 0.6) is 0 Å². The average molecular weight is 267 g/mol. The Kier molecular flexibility index (Phi) is 3.45. The number of rotatable bonds is 3. The van der Waals surface area contributed by atoms with Gasteiger partial charge in [0.25, 0.3) is 5.91 Å². The molecule has 0 saturated heterocycles. The summed E-state index contributed by atoms with van der Waals surface area (Å²) in [6.45, 7) is 0. The van der Waals surface area contributed by atoms with Gasteiger partial charge < -0.3 is 10.7 Å². The van der Waals surface area contributed by atoms with Gasteiger partial charge in [-0.15, -0.1) is 0 Å². The first kappa shape index (κ1) is 12.3. The second-order valence-electron chi connectivity index (χ2n) is 3.50. The lowest BCUT2D eigenvalue weighted by atomic mass is 10.2. The summed E-state index contributed by atoms with van der Waals surface area (Å²) in [6.07, 6.45) is 1.59. The summed E-state index contributed by atoms with van der Waals surface area (Å²) in [6, 6.07) is 4.63. The van der Waals surface area contributed by atoms with Gasteiger partial charge in [0.05, 0.1) is 6.20 Å². The van der Waals surface area contributed by atoms with Crippen molar-refractivity contribution in [1.82, 2.24) is 14.8 Å². The van der Waals surface area contributed by atoms with E-state index in [0.717, 1.165) is 0 Å². The van der Waals surface area contributed by atoms with Crippen LogP contribution in [0, 0.1) is 0 Å². The minimum absolute atomic E-state index is 0.181. The van der Waals surface area contributed by atoms with Crippen molar-refractivity contribution in [3.8, 4) is 0 Å². The van der Waals surface area contributed by atoms with Crippen LogP contribution < -0.4 is 16.6 Å². The van der Waals surface area contributed by atoms with Crippen LogP contribution in [0.15, 0.2) is 24.4 Å². The lowest BCUT2D eigenvalue weighted by molar-refractivity contribution is 0.102. The molecule has 0 aromatic carbocycles. The Morgan fingerprint density at radius 1 is 1.50 bits per heavy atom. The molecular formula is C10H11ClN6O. The van der Waals surface area contributed by atoms with Crippen molar-refractivity contribution in [1.29, 1.82) is 0 Å². The van der Waals surface area contributed by atoms with E-state index in [1.165, 1.54) is 12.1 Å². The number of hydrogen-bond acceptors (Lipinski definition) is 5. The number of nitrogens with one attached hydrogen (secondary N) is 2. The summed E-state index contributed by atoms with van der Waals surface area (Å²) >= 11 is 5.78. The molecule has 2 rings (SSSR count). The highest BCUT2D eigenvalue weighted by molar-refractivity contribution is 6.30. The Hall–Kier alpha value is -2.12. The second kappa shape index (κ2) is 5.03. The van der Waals surface area contributed by atoms with Gasteiger partial charge in [-0.25, -0.2) is 10.8 Å². The van der Waals surface area contributed by atoms with E-state index in [9.17, 15) is 4.79 Å². The molecule has 0 unspecified atom stereocenters. The van der Waals surface area contributed by atoms with Gasteiger partial charge in [-0.05, 0) is 12.1 Å². The van der Waals surface area contributed by atoms with Crippen LogP contribution in [0.2, 0.25) is 5.15 Å². The minimum Gasteiger partial charge on any atom is -0.308 e. The fraction of sp³-hybridized carbons (Fsp3) is 0.100. The van der Waals surface area contributed by atoms with Gasteiger partial charge in [-0.2, -0.15) is 5.10 Å². The van der Waals surface area contributed by atoms with Crippen molar-refractivity contribution in [2.45, 2.75) is 0 Å². The summed E-state index contributed by atoms with van der Waals surface area (Å²) in [7, 11) is 1.72. The monoisotopic (exact) mass is 266 g/mol. The molecule has 2 aromatic heterocycles. The summed E-state index contributed by atoms with van der Waals surface area (Å²) in [5.74, 6) is 5.81. The number of nitrogens with two attached hydrogens (primary N) is 1. The maximum atomic E-state index is 12.0. The largest absolute Gasteiger partial charge is 0.308 e. The predicted molar refractivity (Wildman–Crippen MR) is 68.2 cm³/mol. The standard InChI is InChI=1S/C10H11ClN6O/c1-17-9(2-3-13-17)15-10(18)6-4-7(11)14-8(5-6)16-12/h2-5H,12H2,1H3,(H,14,16)(H,15,18). The highest BCUT2D eigenvalue weighted by Gasteiger charge is 2.10. The quantitative estimate of drug-likeness (QED) is 0.437. The number of aryl methyl sites for hydroxylation is 1. The van der Waals surface area contributed by atoms with Crippen LogP contribution in [-0.2, 0) is 7.05 Å². The molecule has 0 aliphatic rings. The van der Waals surface area contributed by atoms with Crippen molar-refractivity contribution >= 4 is 29.1 Å². The SMILES string of the molecule is Cn1nccc1NC(=O)c1cc(Cl)nc(NN)c1. The summed E-state index contributed by atoms with van der Waals surface area (Å²) in [5.41, 5.74) is 2.69. The predicted octanol–water partition coefficient (Wildman–Crippen LogP) is 1.01. The van der Waals surface area contributed by atoms with Crippen molar-refractivity contribution in [3.05, 3.63) is 35.1 Å². The van der Waals surface area contributed by atoms with Crippen LogP contribution in [-0.4, -0.2) is 20.7 Å². The molecular weight excluding hydrogens is 256 g/mol. The van der Waals surface area contributed by atoms with Crippen LogP contribution in [0.25, 0.3) is 0 Å². The molecule has 1 amide bonds. The molecule has 94 valence electrons. The molecule has 4 N–H and O–H groups in total. The number of aromatic nitrogens is 3. The van der Waals surface area contributed by atoms with E-state index >= 15 is 0 Å². The van der Waals surface area contributed by atoms with Crippen molar-refractivity contribution in [2.24, 2.45) is 12.9 Å². The second-order valence-corrected chi connectivity index (χ2v) is 3.89. The van der Waals surface area contributed by atoms with Crippen LogP contribution >= 0.6 is 11.6 Å². The summed E-state index contributed by atoms with van der Waals surface area (Å²) < 4.78 is 1.54. The first-order chi connectivity index (χ1) is 8.60. The summed E-state index contributed by atoms with van der Waals surface area (Å²) in [4.78, 5) is 15.9. The number of hydrazine groups is 1. The van der Waals surface area contributed by atoms with Gasteiger partial charge >= 0.3 is 0 Å². The lowest BCUT2D eigenvalue weighted by Crippen LogP contribution is -2.16. The molecule has 0 aliphatic carbocycles. The van der Waals surface area contributed by atoms with E-state index in [2.05, 4.69) is 20.8 Å². The number of nitrogens with zero attached hydrogens (tertiary/aromatic N) is 3. The Labute approximate surface area is 108 Å². The number of amides is 1. The zero-order valence-corrected chi connectivity index (χ0v) is 10.3. The van der Waals surface area contributed by atoms with E-state index in [1.54, 1.807) is 24.0 Å². The van der Waals surface area contributed by atoms with E-state index < -0.39 is 0 Å². The van der Waals surface area contributed by atoms with Gasteiger partial charge in [0, 0.05) is 18.7 Å². The first-order valence-electron chi connectivity index (χ1n) is 5.03. The molecule has 0 fully saturated rings. The lowest BCUT2D eigenvalue weighted by Gasteiger charge is -2.07. The Morgan fingerprint density at radius 3 is 2.89 bits per heavy atom. The number of carbonyl (C=O) groups is 1. The highest BCUT2D eigenvalue weighted by atomic mass is 35.5. The normalized spacial score (nSPS) is 10.2. The van der Waals surface area contributed by atoms with Crippen LogP contribution in [0.4, 0.5) is 11.6 Å². The Balaban J connectivity index is 2.24. The summed E-state index contributed by atoms with van der Waals surface area (Å²) in [5, 5.41) is 6.82. The number of hydrogen-bond donors (Lipinski definition) is 3. The van der Waals surface area contributed by atoms with Gasteiger partial charge in [0.1, 0.15) is 16.8 Å².